The van der Waals surface area contributed by atoms with Crippen LogP contribution in [0.2, 0.25) is 0 Å². The lowest BCUT2D eigenvalue weighted by molar-refractivity contribution is 0.305. The van der Waals surface area contributed by atoms with E-state index in [2.05, 4.69) is 36.3 Å². The van der Waals surface area contributed by atoms with Crippen LogP contribution in [0.25, 0.3) is 0 Å². The predicted molar refractivity (Wildman–Crippen MR) is 77.0 cm³/mol. The molecule has 100 valence electrons. The molecule has 0 aliphatic rings. The van der Waals surface area contributed by atoms with Crippen molar-refractivity contribution < 1.29 is 4.74 Å². The Labute approximate surface area is 114 Å². The summed E-state index contributed by atoms with van der Waals surface area (Å²) in [6.07, 6.45) is 3.58. The molecule has 0 radical (unpaired) electrons. The van der Waals surface area contributed by atoms with E-state index in [0.717, 1.165) is 17.9 Å². The number of nitrogens with one attached hydrogen (secondary N) is 1. The Morgan fingerprint density at radius 1 is 1.11 bits per heavy atom. The molecule has 0 spiro atoms. The van der Waals surface area contributed by atoms with Gasteiger partial charge in [0.1, 0.15) is 12.4 Å². The SMILES string of the molecule is CC(C)NCc1ccc(OCc2cccnc2)cc1. The molecule has 0 aliphatic carbocycles. The average molecular weight is 256 g/mol. The van der Waals surface area contributed by atoms with Crippen LogP contribution < -0.4 is 10.1 Å². The highest BCUT2D eigenvalue weighted by Crippen LogP contribution is 2.14. The van der Waals surface area contributed by atoms with E-state index >= 15 is 0 Å². The third-order valence-corrected chi connectivity index (χ3v) is 2.77. The van der Waals surface area contributed by atoms with Crippen LogP contribution in [-0.4, -0.2) is 11.0 Å². The summed E-state index contributed by atoms with van der Waals surface area (Å²) in [7, 11) is 0. The number of ether oxygens (including phenoxy) is 1. The molecule has 1 aromatic carbocycles. The summed E-state index contributed by atoms with van der Waals surface area (Å²) in [6, 6.07) is 12.6. The lowest BCUT2D eigenvalue weighted by Crippen LogP contribution is -2.21. The Morgan fingerprint density at radius 2 is 1.89 bits per heavy atom. The molecular weight excluding hydrogens is 236 g/mol. The second-order valence-corrected chi connectivity index (χ2v) is 4.83. The molecule has 0 amide bonds. The summed E-state index contributed by atoms with van der Waals surface area (Å²) in [6.45, 7) is 5.73. The maximum Gasteiger partial charge on any atom is 0.119 e. The maximum absolute atomic E-state index is 5.71. The second kappa shape index (κ2) is 6.90. The number of nitrogens with zero attached hydrogens (tertiary/aromatic N) is 1. The number of hydrogen-bond acceptors (Lipinski definition) is 3. The standard InChI is InChI=1S/C16H20N2O/c1-13(2)18-11-14-5-7-16(8-6-14)19-12-15-4-3-9-17-10-15/h3-10,13,18H,11-12H2,1-2H3. The van der Waals surface area contributed by atoms with Crippen molar-refractivity contribution in [2.75, 3.05) is 0 Å². The number of rotatable bonds is 6. The fourth-order valence-corrected chi connectivity index (χ4v) is 1.68. The highest BCUT2D eigenvalue weighted by molar-refractivity contribution is 5.27. The fourth-order valence-electron chi connectivity index (χ4n) is 1.68. The minimum Gasteiger partial charge on any atom is -0.489 e. The molecule has 0 saturated carbocycles. The van der Waals surface area contributed by atoms with Crippen LogP contribution in [0.1, 0.15) is 25.0 Å². The first-order valence-electron chi connectivity index (χ1n) is 6.58. The van der Waals surface area contributed by atoms with Gasteiger partial charge in [-0.05, 0) is 23.8 Å². The van der Waals surface area contributed by atoms with Crippen molar-refractivity contribution in [3.05, 3.63) is 59.9 Å². The molecule has 3 nitrogen and oxygen atoms in total. The molecule has 2 rings (SSSR count). The van der Waals surface area contributed by atoms with Crippen LogP contribution in [0.4, 0.5) is 0 Å². The summed E-state index contributed by atoms with van der Waals surface area (Å²) in [5.41, 5.74) is 2.34. The van der Waals surface area contributed by atoms with Gasteiger partial charge in [-0.1, -0.05) is 32.0 Å². The van der Waals surface area contributed by atoms with Crippen LogP contribution in [-0.2, 0) is 13.2 Å². The molecule has 0 unspecified atom stereocenters. The van der Waals surface area contributed by atoms with Crippen molar-refractivity contribution in [3.8, 4) is 5.75 Å². The number of aromatic nitrogens is 1. The van der Waals surface area contributed by atoms with Crippen LogP contribution in [0.5, 0.6) is 5.75 Å². The van der Waals surface area contributed by atoms with Gasteiger partial charge in [0.15, 0.2) is 0 Å². The van der Waals surface area contributed by atoms with Gasteiger partial charge in [0.05, 0.1) is 0 Å². The van der Waals surface area contributed by atoms with E-state index in [4.69, 9.17) is 4.74 Å². The van der Waals surface area contributed by atoms with Crippen LogP contribution >= 0.6 is 0 Å². The van der Waals surface area contributed by atoms with Gasteiger partial charge in [0, 0.05) is 30.5 Å². The van der Waals surface area contributed by atoms with Crippen molar-refractivity contribution in [1.82, 2.24) is 10.3 Å². The minimum atomic E-state index is 0.501. The highest BCUT2D eigenvalue weighted by Gasteiger charge is 1.98. The summed E-state index contributed by atoms with van der Waals surface area (Å²) in [4.78, 5) is 4.06. The molecule has 0 saturated heterocycles. The van der Waals surface area contributed by atoms with E-state index in [1.165, 1.54) is 5.56 Å². The molecule has 1 N–H and O–H groups in total. The van der Waals surface area contributed by atoms with E-state index in [-0.39, 0.29) is 0 Å². The van der Waals surface area contributed by atoms with Gasteiger partial charge in [0.2, 0.25) is 0 Å². The number of hydrogen-bond donors (Lipinski definition) is 1. The van der Waals surface area contributed by atoms with Gasteiger partial charge in [-0.15, -0.1) is 0 Å². The van der Waals surface area contributed by atoms with Crippen molar-refractivity contribution in [2.24, 2.45) is 0 Å². The Kier molecular flexibility index (Phi) is 4.93. The Morgan fingerprint density at radius 3 is 2.53 bits per heavy atom. The van der Waals surface area contributed by atoms with Crippen molar-refractivity contribution in [2.45, 2.75) is 33.0 Å². The van der Waals surface area contributed by atoms with E-state index in [1.54, 1.807) is 6.20 Å². The number of pyridine rings is 1. The van der Waals surface area contributed by atoms with Crippen molar-refractivity contribution in [1.29, 1.82) is 0 Å². The summed E-state index contributed by atoms with van der Waals surface area (Å²) in [5, 5.41) is 3.39. The summed E-state index contributed by atoms with van der Waals surface area (Å²) < 4.78 is 5.71. The Bertz CT molecular complexity index is 480. The van der Waals surface area contributed by atoms with Gasteiger partial charge in [-0.3, -0.25) is 4.98 Å². The first-order valence-corrected chi connectivity index (χ1v) is 6.58. The van der Waals surface area contributed by atoms with E-state index in [9.17, 15) is 0 Å². The van der Waals surface area contributed by atoms with E-state index in [1.807, 2.05) is 30.5 Å². The Hall–Kier alpha value is -1.87. The monoisotopic (exact) mass is 256 g/mol. The predicted octanol–water partition coefficient (Wildman–Crippen LogP) is 3.16. The zero-order valence-corrected chi connectivity index (χ0v) is 11.5. The summed E-state index contributed by atoms with van der Waals surface area (Å²) >= 11 is 0. The largest absolute Gasteiger partial charge is 0.489 e. The first-order chi connectivity index (χ1) is 9.24. The zero-order chi connectivity index (χ0) is 13.5. The lowest BCUT2D eigenvalue weighted by atomic mass is 10.2. The third kappa shape index (κ3) is 4.72. The molecule has 19 heavy (non-hydrogen) atoms. The van der Waals surface area contributed by atoms with Gasteiger partial charge < -0.3 is 10.1 Å². The van der Waals surface area contributed by atoms with Gasteiger partial charge in [-0.25, -0.2) is 0 Å². The van der Waals surface area contributed by atoms with Crippen LogP contribution in [0, 0.1) is 0 Å². The Balaban J connectivity index is 1.85. The highest BCUT2D eigenvalue weighted by atomic mass is 16.5. The number of benzene rings is 1. The smallest absolute Gasteiger partial charge is 0.119 e. The second-order valence-electron chi connectivity index (χ2n) is 4.83. The molecule has 0 fully saturated rings. The first kappa shape index (κ1) is 13.6. The van der Waals surface area contributed by atoms with Gasteiger partial charge in [0.25, 0.3) is 0 Å². The fraction of sp³-hybridized carbons (Fsp3) is 0.312. The van der Waals surface area contributed by atoms with Crippen LogP contribution in [0.15, 0.2) is 48.8 Å². The topological polar surface area (TPSA) is 34.1 Å². The molecule has 3 heteroatoms. The minimum absolute atomic E-state index is 0.501. The average Bonchev–Trinajstić information content (AvgIpc) is 2.45. The zero-order valence-electron chi connectivity index (χ0n) is 11.5. The van der Waals surface area contributed by atoms with Gasteiger partial charge in [-0.2, -0.15) is 0 Å². The normalized spacial score (nSPS) is 10.7. The molecule has 0 bridgehead atoms. The molecule has 1 heterocycles. The molecule has 2 aromatic rings. The van der Waals surface area contributed by atoms with Crippen LogP contribution in [0.3, 0.4) is 0 Å². The molecule has 0 atom stereocenters. The summed E-state index contributed by atoms with van der Waals surface area (Å²) in [5.74, 6) is 0.886. The van der Waals surface area contributed by atoms with E-state index in [0.29, 0.717) is 12.6 Å². The van der Waals surface area contributed by atoms with Crippen molar-refractivity contribution in [3.63, 3.8) is 0 Å². The lowest BCUT2D eigenvalue weighted by Gasteiger charge is -2.09. The maximum atomic E-state index is 5.71. The van der Waals surface area contributed by atoms with Crippen molar-refractivity contribution >= 4 is 0 Å². The molecule has 1 aromatic heterocycles. The quantitative estimate of drug-likeness (QED) is 0.862. The molecular formula is C16H20N2O. The van der Waals surface area contributed by atoms with Gasteiger partial charge >= 0.3 is 0 Å². The van der Waals surface area contributed by atoms with E-state index < -0.39 is 0 Å². The third-order valence-electron chi connectivity index (χ3n) is 2.77. The molecule has 0 aliphatic heterocycles.